The molecule has 4 rings (SSSR count). The van der Waals surface area contributed by atoms with E-state index in [4.69, 9.17) is 0 Å². The summed E-state index contributed by atoms with van der Waals surface area (Å²) in [6, 6.07) is 0. The van der Waals surface area contributed by atoms with Crippen LogP contribution < -0.4 is 0 Å². The van der Waals surface area contributed by atoms with Crippen molar-refractivity contribution in [1.82, 2.24) is 0 Å². The van der Waals surface area contributed by atoms with E-state index in [1.54, 1.807) is 0 Å². The summed E-state index contributed by atoms with van der Waals surface area (Å²) in [7, 11) is 0. The lowest BCUT2D eigenvalue weighted by atomic mass is 9.66. The zero-order chi connectivity index (χ0) is 13.7. The predicted molar refractivity (Wildman–Crippen MR) is 85.1 cm³/mol. The second-order valence-corrected chi connectivity index (χ2v) is 6.35. The zero-order valence-corrected chi connectivity index (χ0v) is 12.1. The van der Waals surface area contributed by atoms with Gasteiger partial charge in [-0.1, -0.05) is 71.9 Å². The van der Waals surface area contributed by atoms with Crippen LogP contribution in [0.4, 0.5) is 0 Å². The molecule has 4 atom stereocenters. The van der Waals surface area contributed by atoms with Crippen LogP contribution in [0.3, 0.4) is 0 Å². The Balaban J connectivity index is 1.82. The van der Waals surface area contributed by atoms with Gasteiger partial charge in [0.1, 0.15) is 0 Å². The van der Waals surface area contributed by atoms with Crippen molar-refractivity contribution in [2.24, 2.45) is 23.7 Å². The number of rotatable bonds is 0. The van der Waals surface area contributed by atoms with Crippen molar-refractivity contribution < 1.29 is 0 Å². The molecule has 4 aliphatic carbocycles. The van der Waals surface area contributed by atoms with Gasteiger partial charge in [-0.3, -0.25) is 0 Å². The molecule has 0 saturated carbocycles. The highest BCUT2D eigenvalue weighted by Crippen LogP contribution is 2.46. The Morgan fingerprint density at radius 2 is 1.60 bits per heavy atom. The van der Waals surface area contributed by atoms with Crippen LogP contribution in [0.25, 0.3) is 0 Å². The first kappa shape index (κ1) is 12.0. The largest absolute Gasteiger partial charge is 0.0767 e. The molecule has 0 heterocycles. The molecule has 0 heteroatoms. The highest BCUT2D eigenvalue weighted by molar-refractivity contribution is 5.53. The lowest BCUT2D eigenvalue weighted by Gasteiger charge is -2.38. The van der Waals surface area contributed by atoms with E-state index >= 15 is 0 Å². The topological polar surface area (TPSA) is 0 Å². The summed E-state index contributed by atoms with van der Waals surface area (Å²) >= 11 is 0. The third kappa shape index (κ3) is 1.67. The molecule has 0 aromatic heterocycles. The summed E-state index contributed by atoms with van der Waals surface area (Å²) in [5.41, 5.74) is 5.96. The van der Waals surface area contributed by atoms with Gasteiger partial charge in [0.05, 0.1) is 0 Å². The molecule has 0 aromatic carbocycles. The fourth-order valence-corrected chi connectivity index (χ4v) is 3.98. The molecule has 0 amide bonds. The van der Waals surface area contributed by atoms with Gasteiger partial charge in [-0.2, -0.15) is 0 Å². The third-order valence-corrected chi connectivity index (χ3v) is 5.03. The quantitative estimate of drug-likeness (QED) is 0.580. The second kappa shape index (κ2) is 4.34. The van der Waals surface area contributed by atoms with Crippen molar-refractivity contribution in [3.05, 3.63) is 83.1 Å². The number of hydrogen-bond acceptors (Lipinski definition) is 0. The first-order valence-corrected chi connectivity index (χ1v) is 7.56. The molecule has 0 aliphatic heterocycles. The summed E-state index contributed by atoms with van der Waals surface area (Å²) < 4.78 is 0. The van der Waals surface area contributed by atoms with E-state index in [0.717, 1.165) is 0 Å². The molecule has 0 bridgehead atoms. The highest BCUT2D eigenvalue weighted by Gasteiger charge is 2.34. The van der Waals surface area contributed by atoms with E-state index in [1.165, 1.54) is 22.3 Å². The maximum atomic E-state index is 2.45. The highest BCUT2D eigenvalue weighted by atomic mass is 14.4. The maximum absolute atomic E-state index is 2.45. The average Bonchev–Trinajstić information content (AvgIpc) is 2.47. The lowest BCUT2D eigenvalue weighted by Crippen LogP contribution is -2.27. The smallest absolute Gasteiger partial charge is 0.0124 e. The van der Waals surface area contributed by atoms with Crippen LogP contribution in [-0.2, 0) is 0 Å². The molecule has 100 valence electrons. The van der Waals surface area contributed by atoms with Gasteiger partial charge < -0.3 is 0 Å². The fraction of sp³-hybridized carbons (Fsp3) is 0.300. The minimum absolute atomic E-state index is 0.537. The summed E-state index contributed by atoms with van der Waals surface area (Å²) in [5.74, 6) is 2.18. The van der Waals surface area contributed by atoms with Gasteiger partial charge in [-0.15, -0.1) is 0 Å². The summed E-state index contributed by atoms with van der Waals surface area (Å²) in [5, 5.41) is 0. The fourth-order valence-electron chi connectivity index (χ4n) is 3.98. The Kier molecular flexibility index (Phi) is 2.60. The monoisotopic (exact) mass is 260 g/mol. The third-order valence-electron chi connectivity index (χ3n) is 5.03. The van der Waals surface area contributed by atoms with Crippen molar-refractivity contribution in [3.8, 4) is 0 Å². The number of allylic oxidation sites excluding steroid dienone is 14. The van der Waals surface area contributed by atoms with Crippen molar-refractivity contribution in [1.29, 1.82) is 0 Å². The van der Waals surface area contributed by atoms with Crippen molar-refractivity contribution in [2.45, 2.75) is 13.8 Å². The van der Waals surface area contributed by atoms with Gasteiger partial charge >= 0.3 is 0 Å². The molecule has 0 fully saturated rings. The van der Waals surface area contributed by atoms with Gasteiger partial charge in [-0.25, -0.2) is 0 Å². The van der Waals surface area contributed by atoms with Gasteiger partial charge in [0.2, 0.25) is 0 Å². The molecular formula is C20H20. The first-order valence-electron chi connectivity index (χ1n) is 7.56. The minimum atomic E-state index is 0.537. The molecule has 20 heavy (non-hydrogen) atoms. The second-order valence-electron chi connectivity index (χ2n) is 6.35. The molecule has 0 nitrogen and oxygen atoms in total. The van der Waals surface area contributed by atoms with Crippen LogP contribution in [0.15, 0.2) is 83.1 Å². The molecule has 0 spiro atoms. The van der Waals surface area contributed by atoms with Gasteiger partial charge in [0.15, 0.2) is 0 Å². The zero-order valence-electron chi connectivity index (χ0n) is 12.1. The molecule has 0 aromatic rings. The Labute approximate surface area is 121 Å². The average molecular weight is 260 g/mol. The first-order chi connectivity index (χ1) is 9.74. The predicted octanol–water partition coefficient (Wildman–Crippen LogP) is 4.92. The van der Waals surface area contributed by atoms with Crippen molar-refractivity contribution >= 4 is 0 Å². The maximum Gasteiger partial charge on any atom is 0.0124 e. The molecule has 0 N–H and O–H groups in total. The van der Waals surface area contributed by atoms with Crippen LogP contribution in [0.5, 0.6) is 0 Å². The molecule has 0 saturated heterocycles. The van der Waals surface area contributed by atoms with E-state index < -0.39 is 0 Å². The standard InChI is InChI=1S/C20H20/c1-13-7-9-17-18-10-8-15-5-3-4-6-16(15)20(18)12-14(2)19(17)11-13/h3-12,15-17,19H,1-2H3. The van der Waals surface area contributed by atoms with Crippen LogP contribution >= 0.6 is 0 Å². The van der Waals surface area contributed by atoms with E-state index in [1.807, 2.05) is 0 Å². The molecule has 4 unspecified atom stereocenters. The lowest BCUT2D eigenvalue weighted by molar-refractivity contribution is 0.545. The van der Waals surface area contributed by atoms with Crippen LogP contribution in [0, 0.1) is 23.7 Å². The van der Waals surface area contributed by atoms with Crippen molar-refractivity contribution in [2.75, 3.05) is 0 Å². The summed E-state index contributed by atoms with van der Waals surface area (Å²) in [6.45, 7) is 4.49. The molecule has 4 aliphatic rings. The Bertz CT molecular complexity index is 658. The molecular weight excluding hydrogens is 240 g/mol. The van der Waals surface area contributed by atoms with Crippen molar-refractivity contribution in [3.63, 3.8) is 0 Å². The van der Waals surface area contributed by atoms with E-state index in [0.29, 0.717) is 23.7 Å². The Hall–Kier alpha value is -1.82. The van der Waals surface area contributed by atoms with Crippen LogP contribution in [0.2, 0.25) is 0 Å². The van der Waals surface area contributed by atoms with E-state index in [9.17, 15) is 0 Å². The number of fused-ring (bicyclic) bond motifs is 4. The normalized spacial score (nSPS) is 37.1. The van der Waals surface area contributed by atoms with E-state index in [2.05, 4.69) is 74.6 Å². The van der Waals surface area contributed by atoms with Gasteiger partial charge in [0.25, 0.3) is 0 Å². The van der Waals surface area contributed by atoms with E-state index in [-0.39, 0.29) is 0 Å². The van der Waals surface area contributed by atoms with Crippen LogP contribution in [-0.4, -0.2) is 0 Å². The minimum Gasteiger partial charge on any atom is -0.0767 e. The molecule has 0 radical (unpaired) electrons. The summed E-state index contributed by atoms with van der Waals surface area (Å²) in [4.78, 5) is 0. The van der Waals surface area contributed by atoms with Gasteiger partial charge in [-0.05, 0) is 25.0 Å². The van der Waals surface area contributed by atoms with Gasteiger partial charge in [0, 0.05) is 23.7 Å². The SMILES string of the molecule is CC1=CC2C(C)=CC3=C(C=CC4C=CC=CC34)C2C=C1. The number of hydrogen-bond donors (Lipinski definition) is 0. The Morgan fingerprint density at radius 1 is 0.750 bits per heavy atom. The van der Waals surface area contributed by atoms with Crippen LogP contribution in [0.1, 0.15) is 13.8 Å². The summed E-state index contributed by atoms with van der Waals surface area (Å²) in [6.07, 6.45) is 23.4. The Morgan fingerprint density at radius 3 is 2.50 bits per heavy atom.